The Balaban J connectivity index is 1.85. The molecule has 1 aliphatic heterocycles. The number of carbonyl (C=O) groups is 1. The molecular weight excluding hydrogens is 304 g/mol. The van der Waals surface area contributed by atoms with E-state index in [9.17, 15) is 13.2 Å². The van der Waals surface area contributed by atoms with Gasteiger partial charge in [0.05, 0.1) is 24.0 Å². The van der Waals surface area contributed by atoms with Crippen molar-refractivity contribution < 1.29 is 13.2 Å². The third-order valence-electron chi connectivity index (χ3n) is 3.77. The number of rotatable bonds is 4. The van der Waals surface area contributed by atoms with Crippen LogP contribution in [-0.4, -0.2) is 41.5 Å². The monoisotopic (exact) mass is 320 g/mol. The highest BCUT2D eigenvalue weighted by Gasteiger charge is 2.35. The molecule has 1 unspecified atom stereocenters. The third-order valence-corrected chi connectivity index (χ3v) is 5.59. The fourth-order valence-corrected chi connectivity index (χ4v) is 3.92. The Bertz CT molecular complexity index is 785. The van der Waals surface area contributed by atoms with Crippen LogP contribution in [0.4, 0.5) is 0 Å². The van der Waals surface area contributed by atoms with Gasteiger partial charge >= 0.3 is 0 Å². The smallest absolute Gasteiger partial charge is 0.246 e. The molecule has 3 rings (SSSR count). The van der Waals surface area contributed by atoms with Crippen LogP contribution in [0.3, 0.4) is 0 Å². The molecular formula is C14H16N4O3S. The first-order chi connectivity index (χ1) is 10.5. The lowest BCUT2D eigenvalue weighted by Gasteiger charge is -2.14. The van der Waals surface area contributed by atoms with Gasteiger partial charge in [-0.2, -0.15) is 9.40 Å². The molecule has 116 valence electrons. The van der Waals surface area contributed by atoms with E-state index < -0.39 is 21.8 Å². The minimum Gasteiger partial charge on any atom is -0.369 e. The molecule has 2 heterocycles. The summed E-state index contributed by atoms with van der Waals surface area (Å²) in [5.41, 5.74) is 6.02. The number of nitrogens with zero attached hydrogens (tertiary/aromatic N) is 3. The lowest BCUT2D eigenvalue weighted by atomic mass is 10.1. The SMILES string of the molecule is NC(=O)C1CCN(S(=O)(=O)c2cnn(-c3ccccc3)c2)C1. The molecule has 0 spiro atoms. The van der Waals surface area contributed by atoms with Crippen LogP contribution in [0.15, 0.2) is 47.6 Å². The number of para-hydroxylation sites is 1. The van der Waals surface area contributed by atoms with Crippen molar-refractivity contribution in [3.05, 3.63) is 42.7 Å². The largest absolute Gasteiger partial charge is 0.369 e. The molecule has 1 amide bonds. The van der Waals surface area contributed by atoms with Crippen LogP contribution in [0.5, 0.6) is 0 Å². The van der Waals surface area contributed by atoms with E-state index in [0.29, 0.717) is 13.0 Å². The molecule has 7 nitrogen and oxygen atoms in total. The summed E-state index contributed by atoms with van der Waals surface area (Å²) in [6, 6.07) is 9.25. The summed E-state index contributed by atoms with van der Waals surface area (Å²) in [6.07, 6.45) is 3.25. The maximum atomic E-state index is 12.6. The predicted molar refractivity (Wildman–Crippen MR) is 79.6 cm³/mol. The number of carbonyl (C=O) groups excluding carboxylic acids is 1. The molecule has 1 aliphatic rings. The second-order valence-electron chi connectivity index (χ2n) is 5.21. The van der Waals surface area contributed by atoms with Gasteiger partial charge in [0.15, 0.2) is 0 Å². The van der Waals surface area contributed by atoms with Crippen LogP contribution in [0, 0.1) is 5.92 Å². The zero-order valence-corrected chi connectivity index (χ0v) is 12.6. The van der Waals surface area contributed by atoms with Crippen molar-refractivity contribution in [1.29, 1.82) is 0 Å². The van der Waals surface area contributed by atoms with Crippen molar-refractivity contribution in [2.45, 2.75) is 11.3 Å². The molecule has 2 N–H and O–H groups in total. The number of primary amides is 1. The van der Waals surface area contributed by atoms with Gasteiger partial charge in [-0.25, -0.2) is 13.1 Å². The van der Waals surface area contributed by atoms with Crippen molar-refractivity contribution in [2.24, 2.45) is 11.7 Å². The fourth-order valence-electron chi connectivity index (χ4n) is 2.49. The minimum absolute atomic E-state index is 0.112. The molecule has 0 saturated carbocycles. The summed E-state index contributed by atoms with van der Waals surface area (Å²) < 4.78 is 27.9. The normalized spacial score (nSPS) is 19.4. The number of sulfonamides is 1. The van der Waals surface area contributed by atoms with Gasteiger partial charge in [-0.3, -0.25) is 4.79 Å². The first kappa shape index (κ1) is 14.7. The van der Waals surface area contributed by atoms with Gasteiger partial charge in [0.25, 0.3) is 0 Å². The van der Waals surface area contributed by atoms with E-state index in [-0.39, 0.29) is 11.4 Å². The summed E-state index contributed by atoms with van der Waals surface area (Å²) in [4.78, 5) is 11.3. The Morgan fingerprint density at radius 2 is 2.00 bits per heavy atom. The fraction of sp³-hybridized carbons (Fsp3) is 0.286. The zero-order valence-electron chi connectivity index (χ0n) is 11.8. The van der Waals surface area contributed by atoms with Gasteiger partial charge in [0, 0.05) is 13.1 Å². The van der Waals surface area contributed by atoms with E-state index in [0.717, 1.165) is 5.69 Å². The lowest BCUT2D eigenvalue weighted by molar-refractivity contribution is -0.121. The number of amides is 1. The average molecular weight is 320 g/mol. The maximum absolute atomic E-state index is 12.6. The van der Waals surface area contributed by atoms with Crippen molar-refractivity contribution in [3.8, 4) is 5.69 Å². The van der Waals surface area contributed by atoms with Gasteiger partial charge in [0.1, 0.15) is 4.90 Å². The summed E-state index contributed by atoms with van der Waals surface area (Å²) >= 11 is 0. The van der Waals surface area contributed by atoms with Crippen LogP contribution < -0.4 is 5.73 Å². The van der Waals surface area contributed by atoms with Crippen LogP contribution in [0.2, 0.25) is 0 Å². The van der Waals surface area contributed by atoms with Crippen molar-refractivity contribution in [1.82, 2.24) is 14.1 Å². The highest BCUT2D eigenvalue weighted by Crippen LogP contribution is 2.24. The maximum Gasteiger partial charge on any atom is 0.246 e. The van der Waals surface area contributed by atoms with Crippen molar-refractivity contribution in [2.75, 3.05) is 13.1 Å². The van der Waals surface area contributed by atoms with Gasteiger partial charge in [-0.05, 0) is 18.6 Å². The first-order valence-corrected chi connectivity index (χ1v) is 8.32. The Morgan fingerprint density at radius 1 is 1.27 bits per heavy atom. The standard InChI is InChI=1S/C14H16N4O3S/c15-14(19)11-6-7-17(9-11)22(20,21)13-8-16-18(10-13)12-4-2-1-3-5-12/h1-5,8,10-11H,6-7,9H2,(H2,15,19). The van der Waals surface area contributed by atoms with Gasteiger partial charge in [-0.15, -0.1) is 0 Å². The second kappa shape index (κ2) is 5.54. The van der Waals surface area contributed by atoms with Crippen molar-refractivity contribution >= 4 is 15.9 Å². The van der Waals surface area contributed by atoms with Crippen molar-refractivity contribution in [3.63, 3.8) is 0 Å². The molecule has 1 fully saturated rings. The molecule has 0 radical (unpaired) electrons. The van der Waals surface area contributed by atoms with Crippen LogP contribution in [-0.2, 0) is 14.8 Å². The molecule has 1 aromatic heterocycles. The lowest BCUT2D eigenvalue weighted by Crippen LogP contribution is -2.31. The van der Waals surface area contributed by atoms with Crippen LogP contribution in [0.1, 0.15) is 6.42 Å². The summed E-state index contributed by atoms with van der Waals surface area (Å²) in [7, 11) is -3.65. The molecule has 1 atom stereocenters. The van der Waals surface area contributed by atoms with E-state index >= 15 is 0 Å². The Labute approximate surface area is 128 Å². The number of hydrogen-bond acceptors (Lipinski definition) is 4. The molecule has 2 aromatic rings. The predicted octanol–water partition coefficient (Wildman–Crippen LogP) is 0.368. The Kier molecular flexibility index (Phi) is 3.71. The molecule has 22 heavy (non-hydrogen) atoms. The Hall–Kier alpha value is -2.19. The first-order valence-electron chi connectivity index (χ1n) is 6.88. The van der Waals surface area contributed by atoms with Gasteiger partial charge in [-0.1, -0.05) is 18.2 Å². The summed E-state index contributed by atoms with van der Waals surface area (Å²) in [5, 5.41) is 4.10. The van der Waals surface area contributed by atoms with E-state index in [2.05, 4.69) is 5.10 Å². The highest BCUT2D eigenvalue weighted by atomic mass is 32.2. The van der Waals surface area contributed by atoms with Crippen LogP contribution in [0.25, 0.3) is 5.69 Å². The molecule has 0 aliphatic carbocycles. The molecule has 8 heteroatoms. The van der Waals surface area contributed by atoms with E-state index in [1.165, 1.54) is 21.4 Å². The summed E-state index contributed by atoms with van der Waals surface area (Å²) in [5.74, 6) is -0.878. The summed E-state index contributed by atoms with van der Waals surface area (Å²) in [6.45, 7) is 0.431. The van der Waals surface area contributed by atoms with Gasteiger partial charge < -0.3 is 5.73 Å². The number of hydrogen-bond donors (Lipinski definition) is 1. The topological polar surface area (TPSA) is 98.3 Å². The molecule has 1 saturated heterocycles. The van der Waals surface area contributed by atoms with E-state index in [4.69, 9.17) is 5.73 Å². The minimum atomic E-state index is -3.65. The number of aromatic nitrogens is 2. The van der Waals surface area contributed by atoms with Gasteiger partial charge in [0.2, 0.25) is 15.9 Å². The highest BCUT2D eigenvalue weighted by molar-refractivity contribution is 7.89. The zero-order chi connectivity index (χ0) is 15.7. The van der Waals surface area contributed by atoms with E-state index in [1.54, 1.807) is 0 Å². The average Bonchev–Trinajstić information content (AvgIpc) is 3.18. The van der Waals surface area contributed by atoms with Crippen LogP contribution >= 0.6 is 0 Å². The molecule has 1 aromatic carbocycles. The number of benzene rings is 1. The quantitative estimate of drug-likeness (QED) is 0.880. The second-order valence-corrected chi connectivity index (χ2v) is 7.15. The third kappa shape index (κ3) is 2.62. The Morgan fingerprint density at radius 3 is 2.64 bits per heavy atom. The molecule has 0 bridgehead atoms. The number of nitrogens with two attached hydrogens (primary N) is 1. The van der Waals surface area contributed by atoms with E-state index in [1.807, 2.05) is 30.3 Å².